The van der Waals surface area contributed by atoms with Crippen molar-refractivity contribution in [2.45, 2.75) is 0 Å². The number of rotatable bonds is 1. The fourth-order valence-corrected chi connectivity index (χ4v) is 1.03. The summed E-state index contributed by atoms with van der Waals surface area (Å²) in [5.41, 5.74) is 3.36. The van der Waals surface area contributed by atoms with Crippen LogP contribution in [0.2, 0.25) is 0 Å². The average molecular weight is 179 g/mol. The van der Waals surface area contributed by atoms with Crippen molar-refractivity contribution >= 4 is 23.0 Å². The molecule has 0 aliphatic carbocycles. The van der Waals surface area contributed by atoms with E-state index in [9.17, 15) is 0 Å². The summed E-state index contributed by atoms with van der Waals surface area (Å²) in [6, 6.07) is 3.66. The second-order valence-electron chi connectivity index (χ2n) is 2.13. The Morgan fingerprint density at radius 2 is 2.50 bits per heavy atom. The fraction of sp³-hybridized carbons (Fsp3) is 0. The Hall–Kier alpha value is -1.56. The first kappa shape index (κ1) is 7.11. The highest BCUT2D eigenvalue weighted by molar-refractivity contribution is 7.80. The van der Waals surface area contributed by atoms with E-state index in [1.165, 1.54) is 5.01 Å². The number of nitrogens with zero attached hydrogens (tertiary/aromatic N) is 4. The van der Waals surface area contributed by atoms with Gasteiger partial charge in [-0.15, -0.1) is 5.43 Å². The molecular weight excluding hydrogens is 174 g/mol. The van der Waals surface area contributed by atoms with E-state index in [2.05, 4.69) is 20.9 Å². The number of aromatic nitrogens is 1. The third kappa shape index (κ3) is 1.12. The molecule has 59 valence electrons. The summed E-state index contributed by atoms with van der Waals surface area (Å²) in [4.78, 5) is 3.93. The van der Waals surface area contributed by atoms with Gasteiger partial charge >= 0.3 is 5.11 Å². The van der Waals surface area contributed by atoms with E-state index in [0.717, 1.165) is 5.69 Å². The van der Waals surface area contributed by atoms with E-state index in [0.29, 0.717) is 5.11 Å². The van der Waals surface area contributed by atoms with Gasteiger partial charge in [-0.1, -0.05) is 5.01 Å². The molecule has 6 heteroatoms. The zero-order chi connectivity index (χ0) is 8.39. The topological polar surface area (TPSA) is 54.6 Å². The molecule has 0 unspecified atom stereocenters. The predicted molar refractivity (Wildman–Crippen MR) is 47.0 cm³/mol. The molecule has 2 rings (SSSR count). The van der Waals surface area contributed by atoms with Crippen molar-refractivity contribution < 1.29 is 0 Å². The molecule has 0 spiro atoms. The van der Waals surface area contributed by atoms with Crippen molar-refractivity contribution in [2.24, 2.45) is 5.22 Å². The summed E-state index contributed by atoms with van der Waals surface area (Å²) in [7, 11) is 0. The van der Waals surface area contributed by atoms with Gasteiger partial charge in [-0.2, -0.15) is 0 Å². The molecule has 0 saturated heterocycles. The zero-order valence-electron chi connectivity index (χ0n) is 6.01. The molecule has 1 N–H and O–H groups in total. The van der Waals surface area contributed by atoms with Crippen molar-refractivity contribution in [2.75, 3.05) is 5.01 Å². The van der Waals surface area contributed by atoms with Crippen LogP contribution in [-0.2, 0) is 0 Å². The van der Waals surface area contributed by atoms with E-state index in [4.69, 9.17) is 12.2 Å². The first-order valence-electron chi connectivity index (χ1n) is 3.29. The lowest BCUT2D eigenvalue weighted by atomic mass is 10.4. The lowest BCUT2D eigenvalue weighted by Gasteiger charge is -2.00. The van der Waals surface area contributed by atoms with Crippen LogP contribution in [0.4, 0.5) is 5.69 Å². The van der Waals surface area contributed by atoms with Gasteiger partial charge < -0.3 is 0 Å². The Kier molecular flexibility index (Phi) is 1.67. The van der Waals surface area contributed by atoms with Crippen LogP contribution in [0, 0.1) is 0 Å². The second kappa shape index (κ2) is 2.82. The molecule has 1 aliphatic rings. The smallest absolute Gasteiger partial charge is 0.262 e. The maximum absolute atomic E-state index is 4.92. The number of hydrogen-bond donors (Lipinski definition) is 1. The molecule has 12 heavy (non-hydrogen) atoms. The summed E-state index contributed by atoms with van der Waals surface area (Å²) in [5, 5.41) is 9.27. The Morgan fingerprint density at radius 3 is 3.08 bits per heavy atom. The molecule has 0 aromatic carbocycles. The molecule has 5 nitrogen and oxygen atoms in total. The Labute approximate surface area is 74.1 Å². The van der Waals surface area contributed by atoms with Crippen molar-refractivity contribution in [3.8, 4) is 0 Å². The first-order valence-corrected chi connectivity index (χ1v) is 3.69. The summed E-state index contributed by atoms with van der Waals surface area (Å²) in [5.74, 6) is 0. The van der Waals surface area contributed by atoms with Crippen molar-refractivity contribution in [1.29, 1.82) is 0 Å². The van der Waals surface area contributed by atoms with Gasteiger partial charge in [0.2, 0.25) is 0 Å². The average Bonchev–Trinajstić information content (AvgIpc) is 2.53. The number of nitrogens with one attached hydrogen (secondary N) is 1. The van der Waals surface area contributed by atoms with E-state index in [1.54, 1.807) is 12.4 Å². The normalized spacial score (nSPS) is 15.0. The van der Waals surface area contributed by atoms with Crippen LogP contribution in [0.1, 0.15) is 0 Å². The Bertz CT molecular complexity index is 322. The van der Waals surface area contributed by atoms with Crippen LogP contribution >= 0.6 is 12.2 Å². The molecule has 1 radical (unpaired) electrons. The molecular formula is C6H5N5S+. The fourth-order valence-electron chi connectivity index (χ4n) is 0.846. The van der Waals surface area contributed by atoms with Crippen molar-refractivity contribution in [3.63, 3.8) is 0 Å². The Morgan fingerprint density at radius 1 is 1.58 bits per heavy atom. The Balaban J connectivity index is 2.31. The maximum atomic E-state index is 4.92. The van der Waals surface area contributed by atoms with Gasteiger partial charge in [-0.25, -0.2) is 0 Å². The SMILES string of the molecule is S=C1NN=[N+]N1c1cccnc1. The monoisotopic (exact) mass is 179 g/mol. The van der Waals surface area contributed by atoms with Crippen LogP contribution < -0.4 is 15.7 Å². The lowest BCUT2D eigenvalue weighted by molar-refractivity contribution is 0.865. The highest BCUT2D eigenvalue weighted by Crippen LogP contribution is 2.10. The number of anilines is 1. The standard InChI is InChI=1S/C6H5N5S/c12-6-8-9-10-11(6)5-2-1-3-7-4-5/h1-4H,(H,8,12)/q+1. The minimum Gasteiger partial charge on any atom is -0.262 e. The third-order valence-corrected chi connectivity index (χ3v) is 1.63. The van der Waals surface area contributed by atoms with Gasteiger partial charge in [-0.05, 0) is 24.4 Å². The van der Waals surface area contributed by atoms with Crippen LogP contribution in [-0.4, -0.2) is 10.1 Å². The first-order chi connectivity index (χ1) is 5.88. The van der Waals surface area contributed by atoms with E-state index >= 15 is 0 Å². The highest BCUT2D eigenvalue weighted by Gasteiger charge is 2.26. The minimum absolute atomic E-state index is 0.461. The predicted octanol–water partition coefficient (Wildman–Crippen LogP) is 0.394. The van der Waals surface area contributed by atoms with Crippen molar-refractivity contribution in [3.05, 3.63) is 24.5 Å². The van der Waals surface area contributed by atoms with Gasteiger partial charge in [0, 0.05) is 6.20 Å². The number of thiocarbonyl (C=S) groups is 1. The molecule has 0 amide bonds. The van der Waals surface area contributed by atoms with Gasteiger partial charge in [0.15, 0.2) is 10.4 Å². The van der Waals surface area contributed by atoms with Gasteiger partial charge in [0.1, 0.15) is 5.69 Å². The lowest BCUT2D eigenvalue weighted by Crippen LogP contribution is -2.30. The van der Waals surface area contributed by atoms with E-state index in [-0.39, 0.29) is 0 Å². The van der Waals surface area contributed by atoms with E-state index in [1.807, 2.05) is 12.1 Å². The molecule has 1 aliphatic heterocycles. The molecule has 0 fully saturated rings. The second-order valence-corrected chi connectivity index (χ2v) is 2.52. The number of hydrogen-bond acceptors (Lipinski definition) is 4. The third-order valence-electron chi connectivity index (χ3n) is 1.36. The molecule has 1 aromatic rings. The molecule has 0 bridgehead atoms. The van der Waals surface area contributed by atoms with Gasteiger partial charge in [0.05, 0.1) is 6.20 Å². The van der Waals surface area contributed by atoms with Crippen molar-refractivity contribution in [1.82, 2.24) is 15.6 Å². The van der Waals surface area contributed by atoms with Crippen LogP contribution in [0.15, 0.2) is 29.7 Å². The summed E-state index contributed by atoms with van der Waals surface area (Å²) in [6.07, 6.45) is 3.35. The number of pyridine rings is 1. The zero-order valence-corrected chi connectivity index (χ0v) is 6.82. The van der Waals surface area contributed by atoms with E-state index < -0.39 is 0 Å². The molecule has 0 atom stereocenters. The summed E-state index contributed by atoms with van der Waals surface area (Å²) in [6.45, 7) is 0. The minimum atomic E-state index is 0.461. The van der Waals surface area contributed by atoms with Gasteiger partial charge in [0.25, 0.3) is 0 Å². The van der Waals surface area contributed by atoms with Crippen LogP contribution in [0.25, 0.3) is 0 Å². The largest absolute Gasteiger partial charge is 0.330 e. The molecule has 2 heterocycles. The molecule has 1 aromatic heterocycles. The quantitative estimate of drug-likeness (QED) is 0.634. The van der Waals surface area contributed by atoms with Gasteiger partial charge in [-0.3, -0.25) is 4.98 Å². The highest BCUT2D eigenvalue weighted by atomic mass is 32.1. The van der Waals surface area contributed by atoms with Crippen LogP contribution in [0.3, 0.4) is 0 Å². The molecule has 0 saturated carbocycles. The summed E-state index contributed by atoms with van der Waals surface area (Å²) < 4.78 is 0. The maximum Gasteiger partial charge on any atom is 0.330 e. The summed E-state index contributed by atoms with van der Waals surface area (Å²) >= 11 is 4.92. The van der Waals surface area contributed by atoms with Crippen LogP contribution in [0.5, 0.6) is 0 Å².